The molecule has 2 aromatic rings. The Kier molecular flexibility index (Phi) is 3.52. The average molecular weight is 313 g/mol. The lowest BCUT2D eigenvalue weighted by Crippen LogP contribution is -1.98. The Morgan fingerprint density at radius 1 is 1.11 bits per heavy atom. The second kappa shape index (κ2) is 4.94. The van der Waals surface area contributed by atoms with Gasteiger partial charge in [0.2, 0.25) is 0 Å². The zero-order chi connectivity index (χ0) is 13.3. The van der Waals surface area contributed by atoms with E-state index in [1.54, 1.807) is 19.1 Å². The molecule has 2 aromatic carbocycles. The molecule has 0 saturated heterocycles. The predicted molar refractivity (Wildman–Crippen MR) is 72.9 cm³/mol. The number of nitrogen functional groups attached to an aromatic ring is 1. The molecular formula is C13H11BrF2N2. The smallest absolute Gasteiger partial charge is 0.139 e. The van der Waals surface area contributed by atoms with Crippen molar-refractivity contribution < 1.29 is 8.78 Å². The van der Waals surface area contributed by atoms with E-state index in [4.69, 9.17) is 5.73 Å². The zero-order valence-electron chi connectivity index (χ0n) is 9.60. The van der Waals surface area contributed by atoms with E-state index in [1.165, 1.54) is 18.2 Å². The molecule has 0 aliphatic heterocycles. The van der Waals surface area contributed by atoms with Gasteiger partial charge in [0.25, 0.3) is 0 Å². The maximum absolute atomic E-state index is 13.4. The Bertz CT molecular complexity index is 600. The molecule has 0 amide bonds. The molecule has 0 bridgehead atoms. The van der Waals surface area contributed by atoms with Crippen molar-refractivity contribution in [2.45, 2.75) is 6.92 Å². The lowest BCUT2D eigenvalue weighted by Gasteiger charge is -2.11. The number of nitrogens with two attached hydrogens (primary N) is 1. The summed E-state index contributed by atoms with van der Waals surface area (Å²) in [5.74, 6) is -0.693. The van der Waals surface area contributed by atoms with Gasteiger partial charge in [0, 0.05) is 11.8 Å². The van der Waals surface area contributed by atoms with E-state index in [0.29, 0.717) is 27.1 Å². The molecule has 0 unspecified atom stereocenters. The monoisotopic (exact) mass is 312 g/mol. The number of aryl methyl sites for hydroxylation is 1. The van der Waals surface area contributed by atoms with Gasteiger partial charge in [0.1, 0.15) is 11.6 Å². The van der Waals surface area contributed by atoms with Crippen LogP contribution in [0.3, 0.4) is 0 Å². The van der Waals surface area contributed by atoms with Crippen LogP contribution in [-0.2, 0) is 0 Å². The Labute approximate surface area is 112 Å². The second-order valence-corrected chi connectivity index (χ2v) is 4.80. The minimum Gasteiger partial charge on any atom is -0.397 e. The van der Waals surface area contributed by atoms with E-state index in [0.717, 1.165) is 0 Å². The lowest BCUT2D eigenvalue weighted by molar-refractivity contribution is 0.618. The molecule has 94 valence electrons. The fraction of sp³-hybridized carbons (Fsp3) is 0.0769. The molecule has 2 nitrogen and oxygen atoms in total. The number of nitrogens with one attached hydrogen (secondary N) is 1. The van der Waals surface area contributed by atoms with Crippen LogP contribution >= 0.6 is 15.9 Å². The molecule has 18 heavy (non-hydrogen) atoms. The van der Waals surface area contributed by atoms with E-state index in [1.807, 2.05) is 0 Å². The van der Waals surface area contributed by atoms with Gasteiger partial charge in [-0.15, -0.1) is 0 Å². The van der Waals surface area contributed by atoms with E-state index >= 15 is 0 Å². The van der Waals surface area contributed by atoms with Gasteiger partial charge in [0.05, 0.1) is 15.8 Å². The van der Waals surface area contributed by atoms with Crippen LogP contribution in [-0.4, -0.2) is 0 Å². The van der Waals surface area contributed by atoms with Crippen molar-refractivity contribution in [2.24, 2.45) is 0 Å². The molecule has 0 spiro atoms. The number of benzene rings is 2. The third-order valence-corrected chi connectivity index (χ3v) is 3.14. The number of hydrogen-bond acceptors (Lipinski definition) is 2. The number of anilines is 3. The summed E-state index contributed by atoms with van der Waals surface area (Å²) in [5.41, 5.74) is 7.79. The quantitative estimate of drug-likeness (QED) is 0.808. The highest BCUT2D eigenvalue weighted by Gasteiger charge is 2.07. The summed E-state index contributed by atoms with van der Waals surface area (Å²) < 4.78 is 26.8. The summed E-state index contributed by atoms with van der Waals surface area (Å²) in [6, 6.07) is 7.33. The fourth-order valence-electron chi connectivity index (χ4n) is 1.55. The van der Waals surface area contributed by atoms with Crippen LogP contribution in [0.25, 0.3) is 0 Å². The summed E-state index contributed by atoms with van der Waals surface area (Å²) in [6.07, 6.45) is 0. The molecule has 3 N–H and O–H groups in total. The zero-order valence-corrected chi connectivity index (χ0v) is 11.2. The van der Waals surface area contributed by atoms with Gasteiger partial charge in [-0.25, -0.2) is 8.78 Å². The van der Waals surface area contributed by atoms with Crippen LogP contribution in [0.15, 0.2) is 34.8 Å². The van der Waals surface area contributed by atoms with Crippen molar-refractivity contribution >= 4 is 33.0 Å². The standard InChI is InChI=1S/C13H11BrF2N2/c1-7-4-8(2-3-10(7)15)18-13-6-11(16)9(14)5-12(13)17/h2-6,18H,17H2,1H3. The highest BCUT2D eigenvalue weighted by atomic mass is 79.9. The van der Waals surface area contributed by atoms with Crippen molar-refractivity contribution in [1.29, 1.82) is 0 Å². The van der Waals surface area contributed by atoms with Gasteiger partial charge >= 0.3 is 0 Å². The van der Waals surface area contributed by atoms with E-state index < -0.39 is 5.82 Å². The summed E-state index contributed by atoms with van der Waals surface area (Å²) in [7, 11) is 0. The first-order valence-electron chi connectivity index (χ1n) is 5.25. The Morgan fingerprint density at radius 3 is 2.50 bits per heavy atom. The minimum atomic E-state index is -0.412. The van der Waals surface area contributed by atoms with Crippen molar-refractivity contribution in [3.05, 3.63) is 52.0 Å². The molecule has 0 aliphatic carbocycles. The van der Waals surface area contributed by atoms with Crippen LogP contribution in [0.2, 0.25) is 0 Å². The van der Waals surface area contributed by atoms with E-state index in [9.17, 15) is 8.78 Å². The summed E-state index contributed by atoms with van der Waals surface area (Å²) >= 11 is 3.05. The van der Waals surface area contributed by atoms with Gasteiger partial charge in [-0.1, -0.05) is 0 Å². The molecule has 0 radical (unpaired) electrons. The molecule has 0 aromatic heterocycles. The topological polar surface area (TPSA) is 38.0 Å². The SMILES string of the molecule is Cc1cc(Nc2cc(F)c(Br)cc2N)ccc1F. The van der Waals surface area contributed by atoms with Crippen LogP contribution in [0.4, 0.5) is 25.8 Å². The first-order valence-corrected chi connectivity index (χ1v) is 6.04. The van der Waals surface area contributed by atoms with Crippen LogP contribution in [0.1, 0.15) is 5.56 Å². The Morgan fingerprint density at radius 2 is 1.83 bits per heavy atom. The molecule has 0 aliphatic rings. The van der Waals surface area contributed by atoms with Crippen molar-refractivity contribution in [2.75, 3.05) is 11.1 Å². The van der Waals surface area contributed by atoms with E-state index in [-0.39, 0.29) is 5.82 Å². The third-order valence-electron chi connectivity index (χ3n) is 2.53. The summed E-state index contributed by atoms with van der Waals surface area (Å²) in [6.45, 7) is 1.66. The summed E-state index contributed by atoms with van der Waals surface area (Å²) in [5, 5.41) is 2.96. The van der Waals surface area contributed by atoms with Crippen molar-refractivity contribution in [1.82, 2.24) is 0 Å². The van der Waals surface area contributed by atoms with Gasteiger partial charge in [-0.3, -0.25) is 0 Å². The highest BCUT2D eigenvalue weighted by molar-refractivity contribution is 9.10. The first kappa shape index (κ1) is 12.8. The van der Waals surface area contributed by atoms with Gasteiger partial charge in [0.15, 0.2) is 0 Å². The third kappa shape index (κ3) is 2.61. The lowest BCUT2D eigenvalue weighted by atomic mass is 10.2. The maximum Gasteiger partial charge on any atom is 0.139 e. The molecular weight excluding hydrogens is 302 g/mol. The normalized spacial score (nSPS) is 10.4. The maximum atomic E-state index is 13.4. The molecule has 5 heteroatoms. The van der Waals surface area contributed by atoms with Crippen LogP contribution < -0.4 is 11.1 Å². The Balaban J connectivity index is 2.34. The van der Waals surface area contributed by atoms with Gasteiger partial charge < -0.3 is 11.1 Å². The largest absolute Gasteiger partial charge is 0.397 e. The van der Waals surface area contributed by atoms with Crippen LogP contribution in [0, 0.1) is 18.6 Å². The van der Waals surface area contributed by atoms with Crippen LogP contribution in [0.5, 0.6) is 0 Å². The van der Waals surface area contributed by atoms with Gasteiger partial charge in [-0.05, 0) is 52.7 Å². The minimum absolute atomic E-state index is 0.282. The molecule has 2 rings (SSSR count). The van der Waals surface area contributed by atoms with Gasteiger partial charge in [-0.2, -0.15) is 0 Å². The molecule has 0 saturated carbocycles. The molecule has 0 atom stereocenters. The number of halogens is 3. The van der Waals surface area contributed by atoms with Crippen molar-refractivity contribution in [3.63, 3.8) is 0 Å². The fourth-order valence-corrected chi connectivity index (χ4v) is 1.91. The predicted octanol–water partition coefficient (Wildman–Crippen LogP) is 4.36. The van der Waals surface area contributed by atoms with Crippen molar-refractivity contribution in [3.8, 4) is 0 Å². The number of rotatable bonds is 2. The highest BCUT2D eigenvalue weighted by Crippen LogP contribution is 2.29. The van der Waals surface area contributed by atoms with E-state index in [2.05, 4.69) is 21.2 Å². The first-order chi connectivity index (χ1) is 8.47. The second-order valence-electron chi connectivity index (χ2n) is 3.94. The number of hydrogen-bond donors (Lipinski definition) is 2. The summed E-state index contributed by atoms with van der Waals surface area (Å²) in [4.78, 5) is 0. The average Bonchev–Trinajstić information content (AvgIpc) is 2.31. The molecule has 0 heterocycles. The molecule has 0 fully saturated rings. The Hall–Kier alpha value is -1.62.